The highest BCUT2D eigenvalue weighted by molar-refractivity contribution is 7.00. The molecule has 3 heterocycles. The zero-order chi connectivity index (χ0) is 16.6. The molecule has 1 aromatic carbocycles. The smallest absolute Gasteiger partial charge is 0.330 e. The lowest BCUT2D eigenvalue weighted by molar-refractivity contribution is -0.150. The van der Waals surface area contributed by atoms with Crippen LogP contribution in [0.4, 0.5) is 0 Å². The quantitative estimate of drug-likeness (QED) is 0.780. The second kappa shape index (κ2) is 5.95. The predicted octanol–water partition coefficient (Wildman–Crippen LogP) is 1.96. The molecule has 0 amide bonds. The van der Waals surface area contributed by atoms with E-state index in [4.69, 9.17) is 0 Å². The van der Waals surface area contributed by atoms with Crippen LogP contribution in [0.2, 0.25) is 0 Å². The van der Waals surface area contributed by atoms with Gasteiger partial charge in [0.2, 0.25) is 0 Å². The molecule has 4 rings (SSSR count). The summed E-state index contributed by atoms with van der Waals surface area (Å²) in [6.45, 7) is 2.27. The molecule has 2 aromatic heterocycles. The number of carboxylic acids is 1. The first kappa shape index (κ1) is 15.2. The molecule has 0 aliphatic carbocycles. The summed E-state index contributed by atoms with van der Waals surface area (Å²) in [6.07, 6.45) is 6.12. The number of rotatable bonds is 4. The number of aliphatic carboxylic acids is 1. The molecule has 0 saturated carbocycles. The fraction of sp³-hybridized carbons (Fsp3) is 0.375. The van der Waals surface area contributed by atoms with Gasteiger partial charge in [0.1, 0.15) is 16.6 Å². The molecule has 1 saturated heterocycles. The van der Waals surface area contributed by atoms with Crippen molar-refractivity contribution < 1.29 is 9.90 Å². The molecule has 1 aliphatic heterocycles. The number of carbonyl (C=O) groups is 1. The van der Waals surface area contributed by atoms with Gasteiger partial charge in [-0.25, -0.2) is 9.78 Å². The predicted molar refractivity (Wildman–Crippen MR) is 89.8 cm³/mol. The minimum absolute atomic E-state index is 0.569. The summed E-state index contributed by atoms with van der Waals surface area (Å²) >= 11 is 1.22. The SMILES string of the molecule is O=C(O)C1(n2ccnc2)CCN(Cc2ccc3nsnc3c2)CC1. The van der Waals surface area contributed by atoms with Gasteiger partial charge in [-0.3, -0.25) is 4.90 Å². The van der Waals surface area contributed by atoms with E-state index < -0.39 is 11.5 Å². The zero-order valence-corrected chi connectivity index (χ0v) is 13.8. The van der Waals surface area contributed by atoms with Crippen molar-refractivity contribution in [2.24, 2.45) is 0 Å². The Morgan fingerprint density at radius 3 is 2.75 bits per heavy atom. The number of hydrogen-bond donors (Lipinski definition) is 1. The zero-order valence-electron chi connectivity index (χ0n) is 13.0. The first-order chi connectivity index (χ1) is 11.7. The van der Waals surface area contributed by atoms with E-state index in [-0.39, 0.29) is 0 Å². The van der Waals surface area contributed by atoms with E-state index in [9.17, 15) is 9.90 Å². The lowest BCUT2D eigenvalue weighted by atomic mass is 9.87. The minimum Gasteiger partial charge on any atom is -0.479 e. The van der Waals surface area contributed by atoms with Gasteiger partial charge in [0.25, 0.3) is 0 Å². The highest BCUT2D eigenvalue weighted by atomic mass is 32.1. The third kappa shape index (κ3) is 2.57. The summed E-state index contributed by atoms with van der Waals surface area (Å²) in [4.78, 5) is 18.2. The van der Waals surface area contributed by atoms with Gasteiger partial charge in [0.15, 0.2) is 0 Å². The first-order valence-electron chi connectivity index (χ1n) is 7.83. The second-order valence-corrected chi connectivity index (χ2v) is 6.70. The Labute approximate surface area is 142 Å². The molecule has 24 heavy (non-hydrogen) atoms. The van der Waals surface area contributed by atoms with E-state index in [1.165, 1.54) is 17.3 Å². The molecule has 0 unspecified atom stereocenters. The number of carboxylic acid groups (broad SMARTS) is 1. The maximum atomic E-state index is 11.9. The number of aromatic nitrogens is 4. The lowest BCUT2D eigenvalue weighted by Crippen LogP contribution is -2.50. The van der Waals surface area contributed by atoms with Crippen molar-refractivity contribution in [1.29, 1.82) is 0 Å². The molecule has 1 fully saturated rings. The summed E-state index contributed by atoms with van der Waals surface area (Å²) in [5.74, 6) is -0.782. The Bertz CT molecular complexity index is 852. The summed E-state index contributed by atoms with van der Waals surface area (Å²) in [5, 5.41) is 9.75. The van der Waals surface area contributed by atoms with E-state index in [0.29, 0.717) is 12.8 Å². The summed E-state index contributed by atoms with van der Waals surface area (Å²) in [5.41, 5.74) is 2.15. The fourth-order valence-electron chi connectivity index (χ4n) is 3.36. The molecule has 1 aliphatic rings. The fourth-order valence-corrected chi connectivity index (χ4v) is 3.88. The molecular weight excluding hydrogens is 326 g/mol. The minimum atomic E-state index is -0.879. The number of piperidine rings is 1. The number of benzene rings is 1. The molecular formula is C16H17N5O2S. The van der Waals surface area contributed by atoms with Crippen LogP contribution in [0.3, 0.4) is 0 Å². The molecule has 1 N–H and O–H groups in total. The molecule has 0 atom stereocenters. The molecule has 7 nitrogen and oxygen atoms in total. The van der Waals surface area contributed by atoms with Gasteiger partial charge in [0.05, 0.1) is 18.1 Å². The van der Waals surface area contributed by atoms with Gasteiger partial charge in [-0.1, -0.05) is 6.07 Å². The van der Waals surface area contributed by atoms with Crippen LogP contribution < -0.4 is 0 Å². The van der Waals surface area contributed by atoms with Gasteiger partial charge in [-0.2, -0.15) is 8.75 Å². The van der Waals surface area contributed by atoms with E-state index in [1.54, 1.807) is 23.3 Å². The number of nitrogens with zero attached hydrogens (tertiary/aromatic N) is 5. The summed E-state index contributed by atoms with van der Waals surface area (Å²) < 4.78 is 10.2. The van der Waals surface area contributed by atoms with Crippen molar-refractivity contribution in [3.05, 3.63) is 42.5 Å². The van der Waals surface area contributed by atoms with Gasteiger partial charge in [-0.05, 0) is 30.5 Å². The van der Waals surface area contributed by atoms with Crippen LogP contribution >= 0.6 is 11.7 Å². The second-order valence-electron chi connectivity index (χ2n) is 6.17. The van der Waals surface area contributed by atoms with Gasteiger partial charge >= 0.3 is 5.97 Å². The monoisotopic (exact) mass is 343 g/mol. The normalized spacial score (nSPS) is 18.0. The van der Waals surface area contributed by atoms with Crippen LogP contribution in [-0.2, 0) is 16.9 Å². The number of fused-ring (bicyclic) bond motifs is 1. The lowest BCUT2D eigenvalue weighted by Gasteiger charge is -2.39. The average molecular weight is 343 g/mol. The Kier molecular flexibility index (Phi) is 3.78. The van der Waals surface area contributed by atoms with Gasteiger partial charge in [0, 0.05) is 32.0 Å². The molecule has 8 heteroatoms. The maximum Gasteiger partial charge on any atom is 0.330 e. The average Bonchev–Trinajstić information content (AvgIpc) is 3.27. The molecule has 0 spiro atoms. The summed E-state index contributed by atoms with van der Waals surface area (Å²) in [7, 11) is 0. The van der Waals surface area contributed by atoms with Crippen LogP contribution in [0.25, 0.3) is 11.0 Å². The van der Waals surface area contributed by atoms with Crippen molar-refractivity contribution in [3.8, 4) is 0 Å². The van der Waals surface area contributed by atoms with Crippen LogP contribution in [0.5, 0.6) is 0 Å². The molecule has 124 valence electrons. The van der Waals surface area contributed by atoms with Crippen LogP contribution in [-0.4, -0.2) is 47.4 Å². The Balaban J connectivity index is 1.48. The number of imidazole rings is 1. The Morgan fingerprint density at radius 1 is 1.25 bits per heavy atom. The molecule has 0 bridgehead atoms. The summed E-state index contributed by atoms with van der Waals surface area (Å²) in [6, 6.07) is 6.12. The van der Waals surface area contributed by atoms with E-state index >= 15 is 0 Å². The third-order valence-corrected chi connectivity index (χ3v) is 5.36. The van der Waals surface area contributed by atoms with Crippen molar-refractivity contribution in [2.75, 3.05) is 13.1 Å². The Morgan fingerprint density at radius 2 is 2.04 bits per heavy atom. The highest BCUT2D eigenvalue weighted by Crippen LogP contribution is 2.31. The van der Waals surface area contributed by atoms with Crippen LogP contribution in [0.1, 0.15) is 18.4 Å². The van der Waals surface area contributed by atoms with Crippen molar-refractivity contribution >= 4 is 28.7 Å². The van der Waals surface area contributed by atoms with Crippen molar-refractivity contribution in [1.82, 2.24) is 23.2 Å². The maximum absolute atomic E-state index is 11.9. The van der Waals surface area contributed by atoms with Gasteiger partial charge < -0.3 is 9.67 Å². The molecule has 0 radical (unpaired) electrons. The molecule has 3 aromatic rings. The van der Waals surface area contributed by atoms with Crippen molar-refractivity contribution in [2.45, 2.75) is 24.9 Å². The topological polar surface area (TPSA) is 84.1 Å². The Hall–Kier alpha value is -2.32. The van der Waals surface area contributed by atoms with Gasteiger partial charge in [-0.15, -0.1) is 0 Å². The van der Waals surface area contributed by atoms with E-state index in [0.717, 1.165) is 30.7 Å². The third-order valence-electron chi connectivity index (χ3n) is 4.80. The number of likely N-dealkylation sites (tertiary alicyclic amines) is 1. The van der Waals surface area contributed by atoms with Crippen molar-refractivity contribution in [3.63, 3.8) is 0 Å². The standard InChI is InChI=1S/C16H17N5O2S/c22-15(23)16(21-8-5-17-11-21)3-6-20(7-4-16)10-12-1-2-13-14(9-12)19-24-18-13/h1-2,5,8-9,11H,3-4,6-7,10H2,(H,22,23). The van der Waals surface area contributed by atoms with Crippen LogP contribution in [0, 0.1) is 0 Å². The van der Waals surface area contributed by atoms with Crippen LogP contribution in [0.15, 0.2) is 36.9 Å². The van der Waals surface area contributed by atoms with E-state index in [1.807, 2.05) is 6.07 Å². The van der Waals surface area contributed by atoms with E-state index in [2.05, 4.69) is 30.8 Å². The number of hydrogen-bond acceptors (Lipinski definition) is 6. The first-order valence-corrected chi connectivity index (χ1v) is 8.56. The largest absolute Gasteiger partial charge is 0.479 e. The highest BCUT2D eigenvalue weighted by Gasteiger charge is 2.42.